The van der Waals surface area contributed by atoms with E-state index in [1.165, 1.54) is 6.07 Å². The lowest BCUT2D eigenvalue weighted by Gasteiger charge is -2.31. The van der Waals surface area contributed by atoms with Gasteiger partial charge in [0.05, 0.1) is 6.10 Å². The van der Waals surface area contributed by atoms with E-state index >= 15 is 0 Å². The minimum atomic E-state index is -0.273. The van der Waals surface area contributed by atoms with Crippen molar-refractivity contribution in [3.8, 4) is 0 Å². The van der Waals surface area contributed by atoms with Crippen molar-refractivity contribution in [1.82, 2.24) is 4.98 Å². The topological polar surface area (TPSA) is 108 Å². The van der Waals surface area contributed by atoms with Crippen molar-refractivity contribution in [2.24, 2.45) is 0 Å². The molecule has 6 heteroatoms. The van der Waals surface area contributed by atoms with Gasteiger partial charge in [-0.25, -0.2) is 0 Å². The van der Waals surface area contributed by atoms with Gasteiger partial charge in [-0.3, -0.25) is 4.79 Å². The second-order valence-electron chi connectivity index (χ2n) is 4.07. The molecule has 1 aliphatic rings. The Balaban J connectivity index is 2.30. The summed E-state index contributed by atoms with van der Waals surface area (Å²) in [5.41, 5.74) is 11.5. The van der Waals surface area contributed by atoms with Crippen molar-refractivity contribution in [2.45, 2.75) is 18.9 Å². The van der Waals surface area contributed by atoms with Gasteiger partial charge in [-0.1, -0.05) is 0 Å². The van der Waals surface area contributed by atoms with Crippen LogP contribution >= 0.6 is 0 Å². The number of aliphatic hydroxyl groups is 1. The molecule has 0 bridgehead atoms. The number of rotatable bonds is 1. The summed E-state index contributed by atoms with van der Waals surface area (Å²) in [5, 5.41) is 9.39. The van der Waals surface area contributed by atoms with Gasteiger partial charge in [0.1, 0.15) is 17.3 Å². The maximum absolute atomic E-state index is 11.8. The predicted molar refractivity (Wildman–Crippen MR) is 63.3 cm³/mol. The molecule has 1 aliphatic heterocycles. The monoisotopic (exact) mass is 224 g/mol. The van der Waals surface area contributed by atoms with Crippen LogP contribution < -0.4 is 21.8 Å². The highest BCUT2D eigenvalue weighted by Crippen LogP contribution is 2.21. The molecule has 16 heavy (non-hydrogen) atoms. The molecule has 0 atom stereocenters. The summed E-state index contributed by atoms with van der Waals surface area (Å²) in [5.74, 6) is 0.560. The van der Waals surface area contributed by atoms with E-state index in [0.29, 0.717) is 37.4 Å². The number of hydrogen-bond donors (Lipinski definition) is 4. The Bertz CT molecular complexity index is 435. The number of anilines is 3. The molecular formula is C10H16N4O2. The molecule has 6 nitrogen and oxygen atoms in total. The number of H-pyrrole nitrogens is 1. The number of hydrogen-bond acceptors (Lipinski definition) is 5. The van der Waals surface area contributed by atoms with Gasteiger partial charge in [0.25, 0.3) is 0 Å². The molecule has 0 aromatic carbocycles. The predicted octanol–water partition coefficient (Wildman–Crippen LogP) is -0.500. The number of nitrogens with zero attached hydrogens (tertiary/aromatic N) is 1. The summed E-state index contributed by atoms with van der Waals surface area (Å²) in [6, 6.07) is 1.33. The van der Waals surface area contributed by atoms with E-state index in [1.807, 2.05) is 4.90 Å². The fourth-order valence-electron chi connectivity index (χ4n) is 2.01. The van der Waals surface area contributed by atoms with Gasteiger partial charge >= 0.3 is 0 Å². The summed E-state index contributed by atoms with van der Waals surface area (Å²) in [7, 11) is 0. The molecule has 2 heterocycles. The number of nitrogen functional groups attached to an aromatic ring is 2. The molecule has 0 aliphatic carbocycles. The van der Waals surface area contributed by atoms with Crippen LogP contribution in [-0.2, 0) is 0 Å². The Hall–Kier alpha value is -1.69. The van der Waals surface area contributed by atoms with E-state index in [4.69, 9.17) is 11.5 Å². The molecule has 1 aromatic heterocycles. The van der Waals surface area contributed by atoms with E-state index in [9.17, 15) is 9.90 Å². The van der Waals surface area contributed by atoms with Crippen molar-refractivity contribution >= 4 is 17.3 Å². The molecule has 1 aromatic rings. The second-order valence-corrected chi connectivity index (χ2v) is 4.07. The van der Waals surface area contributed by atoms with Crippen LogP contribution in [0.25, 0.3) is 0 Å². The molecule has 88 valence electrons. The van der Waals surface area contributed by atoms with Gasteiger partial charge in [0, 0.05) is 19.2 Å². The number of piperidine rings is 1. The number of pyridine rings is 1. The highest BCUT2D eigenvalue weighted by Gasteiger charge is 2.21. The summed E-state index contributed by atoms with van der Waals surface area (Å²) in [4.78, 5) is 16.4. The third-order valence-electron chi connectivity index (χ3n) is 2.83. The van der Waals surface area contributed by atoms with Gasteiger partial charge in [0.15, 0.2) is 0 Å². The van der Waals surface area contributed by atoms with Crippen LogP contribution in [0.2, 0.25) is 0 Å². The van der Waals surface area contributed by atoms with Gasteiger partial charge in [0.2, 0.25) is 5.43 Å². The molecule has 0 unspecified atom stereocenters. The largest absolute Gasteiger partial charge is 0.393 e. The zero-order valence-electron chi connectivity index (χ0n) is 8.94. The van der Waals surface area contributed by atoms with E-state index in [1.54, 1.807) is 0 Å². The summed E-state index contributed by atoms with van der Waals surface area (Å²) in [6.07, 6.45) is 1.04. The van der Waals surface area contributed by atoms with Gasteiger partial charge in [-0.2, -0.15) is 0 Å². The minimum absolute atomic E-state index is 0.176. The highest BCUT2D eigenvalue weighted by atomic mass is 16.3. The highest BCUT2D eigenvalue weighted by molar-refractivity contribution is 5.65. The molecule has 0 amide bonds. The molecule has 2 rings (SSSR count). The van der Waals surface area contributed by atoms with Crippen LogP contribution in [0.15, 0.2) is 10.9 Å². The maximum atomic E-state index is 11.8. The number of nitrogens with one attached hydrogen (secondary N) is 1. The van der Waals surface area contributed by atoms with E-state index in [-0.39, 0.29) is 17.4 Å². The SMILES string of the molecule is Nc1cc(=O)c(N2CCC(O)CC2)c(N)[nH]1. The normalized spacial score (nSPS) is 17.7. The van der Waals surface area contributed by atoms with Crippen LogP contribution in [0.1, 0.15) is 12.8 Å². The summed E-state index contributed by atoms with van der Waals surface area (Å²) >= 11 is 0. The van der Waals surface area contributed by atoms with Crippen molar-refractivity contribution < 1.29 is 5.11 Å². The number of aromatic nitrogens is 1. The number of aliphatic hydroxyl groups excluding tert-OH is 1. The minimum Gasteiger partial charge on any atom is -0.393 e. The molecule has 1 fully saturated rings. The first kappa shape index (κ1) is 10.8. The van der Waals surface area contributed by atoms with Crippen molar-refractivity contribution in [3.05, 3.63) is 16.3 Å². The Morgan fingerprint density at radius 1 is 1.38 bits per heavy atom. The van der Waals surface area contributed by atoms with Crippen LogP contribution in [0, 0.1) is 0 Å². The molecule has 1 saturated heterocycles. The molecule has 0 saturated carbocycles. The van der Waals surface area contributed by atoms with E-state index in [2.05, 4.69) is 4.98 Å². The molecule has 0 radical (unpaired) electrons. The zero-order chi connectivity index (χ0) is 11.7. The van der Waals surface area contributed by atoms with Crippen molar-refractivity contribution in [3.63, 3.8) is 0 Å². The maximum Gasteiger partial charge on any atom is 0.209 e. The first-order valence-electron chi connectivity index (χ1n) is 5.29. The third-order valence-corrected chi connectivity index (χ3v) is 2.83. The summed E-state index contributed by atoms with van der Waals surface area (Å²) < 4.78 is 0. The standard InChI is InChI=1S/C10H16N4O2/c11-8-5-7(16)9(10(12)13-8)14-3-1-6(15)2-4-14/h5-6,15H,1-4H2,(H5,11,12,13,16). The average Bonchev–Trinajstić information content (AvgIpc) is 2.19. The second kappa shape index (κ2) is 4.05. The fourth-order valence-corrected chi connectivity index (χ4v) is 2.01. The quantitative estimate of drug-likeness (QED) is 0.514. The van der Waals surface area contributed by atoms with Gasteiger partial charge in [-0.15, -0.1) is 0 Å². The lowest BCUT2D eigenvalue weighted by Crippen LogP contribution is -2.39. The average molecular weight is 224 g/mol. The van der Waals surface area contributed by atoms with Crippen LogP contribution in [0.4, 0.5) is 17.3 Å². The molecular weight excluding hydrogens is 208 g/mol. The lowest BCUT2D eigenvalue weighted by molar-refractivity contribution is 0.145. The van der Waals surface area contributed by atoms with Crippen LogP contribution in [-0.4, -0.2) is 29.3 Å². The molecule has 6 N–H and O–H groups in total. The van der Waals surface area contributed by atoms with Crippen molar-refractivity contribution in [2.75, 3.05) is 29.5 Å². The van der Waals surface area contributed by atoms with E-state index in [0.717, 1.165) is 0 Å². The Morgan fingerprint density at radius 2 is 2.00 bits per heavy atom. The Morgan fingerprint density at radius 3 is 2.56 bits per heavy atom. The Kier molecular flexibility index (Phi) is 2.74. The third kappa shape index (κ3) is 1.96. The molecule has 0 spiro atoms. The van der Waals surface area contributed by atoms with Gasteiger partial charge < -0.3 is 26.5 Å². The Labute approximate surface area is 92.9 Å². The first-order valence-corrected chi connectivity index (χ1v) is 5.29. The summed E-state index contributed by atoms with van der Waals surface area (Å²) in [6.45, 7) is 1.27. The van der Waals surface area contributed by atoms with Crippen LogP contribution in [0.5, 0.6) is 0 Å². The zero-order valence-corrected chi connectivity index (χ0v) is 8.94. The first-order chi connectivity index (χ1) is 7.58. The number of aromatic amines is 1. The fraction of sp³-hybridized carbons (Fsp3) is 0.500. The number of nitrogens with two attached hydrogens (primary N) is 2. The lowest BCUT2D eigenvalue weighted by atomic mass is 10.1. The van der Waals surface area contributed by atoms with Gasteiger partial charge in [-0.05, 0) is 12.8 Å². The van der Waals surface area contributed by atoms with Crippen LogP contribution in [0.3, 0.4) is 0 Å². The van der Waals surface area contributed by atoms with Crippen molar-refractivity contribution in [1.29, 1.82) is 0 Å². The smallest absolute Gasteiger partial charge is 0.209 e. The van der Waals surface area contributed by atoms with E-state index < -0.39 is 0 Å².